The van der Waals surface area contributed by atoms with E-state index in [1.54, 1.807) is 18.3 Å². The smallest absolute Gasteiger partial charge is 0.300 e. The van der Waals surface area contributed by atoms with Gasteiger partial charge in [-0.1, -0.05) is 15.9 Å². The summed E-state index contributed by atoms with van der Waals surface area (Å²) >= 11 is 3.11. The Hall–Kier alpha value is -1.23. The summed E-state index contributed by atoms with van der Waals surface area (Å²) in [5.74, 6) is -0.740. The number of ketones is 1. The number of hydrogen-bond donors (Lipinski definition) is 1. The molecule has 0 aliphatic rings. The van der Waals surface area contributed by atoms with Gasteiger partial charge in [0.15, 0.2) is 5.78 Å². The summed E-state index contributed by atoms with van der Waals surface area (Å²) in [6, 6.07) is 3.50. The predicted octanol–water partition coefficient (Wildman–Crippen LogP) is 2.06. The first-order chi connectivity index (χ1) is 6.97. The molecule has 0 saturated heterocycles. The van der Waals surface area contributed by atoms with E-state index >= 15 is 0 Å². The molecule has 4 nitrogen and oxygen atoms in total. The van der Waals surface area contributed by atoms with Crippen LogP contribution in [0.4, 0.5) is 0 Å². The number of alkyl halides is 1. The maximum Gasteiger partial charge on any atom is 0.300 e. The molecule has 0 bridgehead atoms. The van der Waals surface area contributed by atoms with Gasteiger partial charge in [-0.05, 0) is 19.1 Å². The number of carboxylic acid groups (broad SMARTS) is 1. The van der Waals surface area contributed by atoms with E-state index in [0.29, 0.717) is 5.33 Å². The highest BCUT2D eigenvalue weighted by Gasteiger charge is 2.02. The van der Waals surface area contributed by atoms with Crippen LogP contribution in [0.5, 0.6) is 0 Å². The Kier molecular flexibility index (Phi) is 6.53. The van der Waals surface area contributed by atoms with Crippen LogP contribution in [0.15, 0.2) is 18.3 Å². The van der Waals surface area contributed by atoms with Crippen molar-refractivity contribution >= 4 is 27.7 Å². The summed E-state index contributed by atoms with van der Waals surface area (Å²) in [6.07, 6.45) is 1.64. The Labute approximate surface area is 96.5 Å². The number of rotatable bonds is 2. The number of hydrogen-bond acceptors (Lipinski definition) is 3. The summed E-state index contributed by atoms with van der Waals surface area (Å²) in [6.45, 7) is 2.95. The zero-order chi connectivity index (χ0) is 11.8. The fourth-order valence-corrected chi connectivity index (χ4v) is 1.12. The molecular formula is C10H12BrNO3. The van der Waals surface area contributed by atoms with Gasteiger partial charge in [0.25, 0.3) is 5.97 Å². The van der Waals surface area contributed by atoms with Gasteiger partial charge in [-0.25, -0.2) is 0 Å². The highest BCUT2D eigenvalue weighted by molar-refractivity contribution is 9.09. The van der Waals surface area contributed by atoms with Gasteiger partial charge < -0.3 is 5.11 Å². The van der Waals surface area contributed by atoms with Crippen molar-refractivity contribution in [2.75, 3.05) is 5.33 Å². The second-order valence-electron chi connectivity index (χ2n) is 2.76. The van der Waals surface area contributed by atoms with E-state index < -0.39 is 5.97 Å². The summed E-state index contributed by atoms with van der Waals surface area (Å²) in [5, 5.41) is 7.79. The largest absolute Gasteiger partial charge is 0.481 e. The number of pyridine rings is 1. The molecule has 1 aromatic rings. The summed E-state index contributed by atoms with van der Waals surface area (Å²) in [4.78, 5) is 24.1. The quantitative estimate of drug-likeness (QED) is 0.662. The lowest BCUT2D eigenvalue weighted by atomic mass is 10.2. The maximum absolute atomic E-state index is 11.1. The molecule has 5 heteroatoms. The molecule has 0 fully saturated rings. The first-order valence-electron chi connectivity index (χ1n) is 4.18. The number of Topliss-reactive ketones (excluding diaryl/α,β-unsaturated/α-hetero) is 1. The lowest BCUT2D eigenvalue weighted by molar-refractivity contribution is -0.134. The van der Waals surface area contributed by atoms with Crippen molar-refractivity contribution in [3.63, 3.8) is 0 Å². The molecule has 0 saturated carbocycles. The third-order valence-electron chi connectivity index (χ3n) is 1.34. The van der Waals surface area contributed by atoms with Crippen LogP contribution in [0, 0.1) is 6.92 Å². The van der Waals surface area contributed by atoms with Crippen molar-refractivity contribution in [2.45, 2.75) is 13.8 Å². The number of aliphatic carboxylic acids is 1. The van der Waals surface area contributed by atoms with E-state index in [9.17, 15) is 4.79 Å². The van der Waals surface area contributed by atoms with Crippen LogP contribution in [-0.2, 0) is 4.79 Å². The molecule has 0 radical (unpaired) electrons. The van der Waals surface area contributed by atoms with Crippen molar-refractivity contribution in [3.05, 3.63) is 29.6 Å². The van der Waals surface area contributed by atoms with Gasteiger partial charge >= 0.3 is 0 Å². The summed E-state index contributed by atoms with van der Waals surface area (Å²) in [5.41, 5.74) is 1.59. The van der Waals surface area contributed by atoms with Gasteiger partial charge in [0, 0.05) is 24.4 Å². The van der Waals surface area contributed by atoms with E-state index in [0.717, 1.165) is 18.2 Å². The third kappa shape index (κ3) is 6.79. The molecule has 15 heavy (non-hydrogen) atoms. The molecule has 0 amide bonds. The Bertz CT molecular complexity index is 348. The minimum absolute atomic E-state index is 0.0931. The minimum Gasteiger partial charge on any atom is -0.481 e. The minimum atomic E-state index is -0.833. The van der Waals surface area contributed by atoms with Crippen molar-refractivity contribution in [1.82, 2.24) is 4.98 Å². The molecule has 1 rings (SSSR count). The molecule has 0 spiro atoms. The van der Waals surface area contributed by atoms with Crippen LogP contribution >= 0.6 is 15.9 Å². The molecule has 0 aliphatic heterocycles. The standard InChI is InChI=1S/C8H8BrNO.C2H4O2/c1-6-4-7(2-3-10-6)8(11)5-9;1-2(3)4/h2-4H,5H2,1H3;1H3,(H,3,4). The van der Waals surface area contributed by atoms with Gasteiger partial charge in [-0.15, -0.1) is 0 Å². The van der Waals surface area contributed by atoms with Crippen LogP contribution in [0.25, 0.3) is 0 Å². The Morgan fingerprint density at radius 1 is 1.53 bits per heavy atom. The highest BCUT2D eigenvalue weighted by Crippen LogP contribution is 2.03. The zero-order valence-corrected chi connectivity index (χ0v) is 10.1. The van der Waals surface area contributed by atoms with Crippen LogP contribution in [-0.4, -0.2) is 27.2 Å². The molecule has 0 atom stereocenters. The van der Waals surface area contributed by atoms with E-state index in [1.165, 1.54) is 0 Å². The number of carbonyl (C=O) groups is 2. The second kappa shape index (κ2) is 7.11. The molecule has 0 aromatic carbocycles. The van der Waals surface area contributed by atoms with Crippen LogP contribution < -0.4 is 0 Å². The fraction of sp³-hybridized carbons (Fsp3) is 0.300. The van der Waals surface area contributed by atoms with Gasteiger partial charge in [0.05, 0.1) is 5.33 Å². The third-order valence-corrected chi connectivity index (χ3v) is 1.85. The van der Waals surface area contributed by atoms with Crippen LogP contribution in [0.2, 0.25) is 0 Å². The molecule has 0 aliphatic carbocycles. The second-order valence-corrected chi connectivity index (χ2v) is 3.32. The molecule has 1 aromatic heterocycles. The van der Waals surface area contributed by atoms with Crippen molar-refractivity contribution in [3.8, 4) is 0 Å². The van der Waals surface area contributed by atoms with E-state index in [1.807, 2.05) is 6.92 Å². The first kappa shape index (κ1) is 13.8. The normalized spacial score (nSPS) is 8.73. The average molecular weight is 274 g/mol. The number of halogens is 1. The number of carbonyl (C=O) groups excluding carboxylic acids is 1. The van der Waals surface area contributed by atoms with Crippen LogP contribution in [0.3, 0.4) is 0 Å². The van der Waals surface area contributed by atoms with Gasteiger partial charge in [0.2, 0.25) is 0 Å². The molecule has 0 unspecified atom stereocenters. The number of carboxylic acids is 1. The van der Waals surface area contributed by atoms with Gasteiger partial charge in [0.1, 0.15) is 0 Å². The van der Waals surface area contributed by atoms with Gasteiger partial charge in [-0.3, -0.25) is 14.6 Å². The van der Waals surface area contributed by atoms with Crippen molar-refractivity contribution in [2.24, 2.45) is 0 Å². The number of aryl methyl sites for hydroxylation is 1. The van der Waals surface area contributed by atoms with Crippen molar-refractivity contribution in [1.29, 1.82) is 0 Å². The summed E-state index contributed by atoms with van der Waals surface area (Å²) < 4.78 is 0. The molecular weight excluding hydrogens is 262 g/mol. The van der Waals surface area contributed by atoms with Crippen LogP contribution in [0.1, 0.15) is 23.0 Å². The topological polar surface area (TPSA) is 67.3 Å². The zero-order valence-electron chi connectivity index (χ0n) is 8.53. The predicted molar refractivity (Wildman–Crippen MR) is 60.4 cm³/mol. The lowest BCUT2D eigenvalue weighted by Crippen LogP contribution is -2.00. The number of nitrogens with zero attached hydrogens (tertiary/aromatic N) is 1. The Morgan fingerprint density at radius 2 is 2.07 bits per heavy atom. The lowest BCUT2D eigenvalue weighted by Gasteiger charge is -1.96. The Balaban J connectivity index is 0.000000423. The van der Waals surface area contributed by atoms with E-state index in [-0.39, 0.29) is 5.78 Å². The summed E-state index contributed by atoms with van der Waals surface area (Å²) in [7, 11) is 0. The van der Waals surface area contributed by atoms with E-state index in [4.69, 9.17) is 9.90 Å². The first-order valence-corrected chi connectivity index (χ1v) is 5.31. The number of aromatic nitrogens is 1. The Morgan fingerprint density at radius 3 is 2.47 bits per heavy atom. The SMILES string of the molecule is CC(=O)O.Cc1cc(C(=O)CBr)ccn1. The maximum atomic E-state index is 11.1. The van der Waals surface area contributed by atoms with Gasteiger partial charge in [-0.2, -0.15) is 0 Å². The monoisotopic (exact) mass is 273 g/mol. The highest BCUT2D eigenvalue weighted by atomic mass is 79.9. The van der Waals surface area contributed by atoms with Crippen molar-refractivity contribution < 1.29 is 14.7 Å². The average Bonchev–Trinajstić information content (AvgIpc) is 2.16. The van der Waals surface area contributed by atoms with E-state index in [2.05, 4.69) is 20.9 Å². The fourth-order valence-electron chi connectivity index (χ4n) is 0.796. The molecule has 1 heterocycles. The molecule has 1 N–H and O–H groups in total. The molecule has 82 valence electrons.